The van der Waals surface area contributed by atoms with Crippen LogP contribution in [0.25, 0.3) is 0 Å². The highest BCUT2D eigenvalue weighted by Gasteiger charge is 2.06. The maximum absolute atomic E-state index is 11.6. The fraction of sp³-hybridized carbons (Fsp3) is 0.417. The number of ether oxygens (including phenoxy) is 1. The molecule has 0 aliphatic carbocycles. The number of halogens is 1. The molecule has 0 aromatic heterocycles. The number of hydrogen-bond donors (Lipinski definition) is 2. The van der Waals surface area contributed by atoms with E-state index in [0.29, 0.717) is 29.4 Å². The van der Waals surface area contributed by atoms with E-state index >= 15 is 0 Å². The molecule has 0 radical (unpaired) electrons. The van der Waals surface area contributed by atoms with Crippen molar-refractivity contribution >= 4 is 28.9 Å². The molecule has 0 aliphatic heterocycles. The van der Waals surface area contributed by atoms with Crippen LogP contribution in [0.15, 0.2) is 18.2 Å². The largest absolute Gasteiger partial charge is 0.399 e. The van der Waals surface area contributed by atoms with Gasteiger partial charge in [-0.3, -0.25) is 4.79 Å². The molecule has 1 aromatic rings. The normalized spacial score (nSPS) is 10.6. The quantitative estimate of drug-likeness (QED) is 0.796. The second-order valence-electron chi connectivity index (χ2n) is 3.96. The number of nitrogens with two attached hydrogens (primary N) is 1. The average Bonchev–Trinajstić information content (AvgIpc) is 2.21. The summed E-state index contributed by atoms with van der Waals surface area (Å²) in [5, 5.41) is 3.14. The smallest absolute Gasteiger partial charge is 0.226 e. The molecule has 0 bridgehead atoms. The Labute approximate surface area is 106 Å². The summed E-state index contributed by atoms with van der Waals surface area (Å²) in [5.74, 6) is -0.127. The minimum Gasteiger partial charge on any atom is -0.399 e. The third-order valence-corrected chi connectivity index (χ3v) is 2.36. The van der Waals surface area contributed by atoms with Crippen molar-refractivity contribution in [1.29, 1.82) is 0 Å². The lowest BCUT2D eigenvalue weighted by Crippen LogP contribution is -2.16. The Morgan fingerprint density at radius 3 is 2.82 bits per heavy atom. The van der Waals surface area contributed by atoms with E-state index in [-0.39, 0.29) is 12.0 Å². The monoisotopic (exact) mass is 256 g/mol. The van der Waals surface area contributed by atoms with Crippen molar-refractivity contribution in [2.75, 3.05) is 17.7 Å². The third kappa shape index (κ3) is 5.06. The third-order valence-electron chi connectivity index (χ3n) is 2.05. The van der Waals surface area contributed by atoms with Gasteiger partial charge in [-0.15, -0.1) is 0 Å². The molecule has 0 saturated carbocycles. The number of rotatable bonds is 5. The maximum atomic E-state index is 11.6. The van der Waals surface area contributed by atoms with Gasteiger partial charge in [0.15, 0.2) is 0 Å². The van der Waals surface area contributed by atoms with Crippen molar-refractivity contribution in [2.24, 2.45) is 0 Å². The maximum Gasteiger partial charge on any atom is 0.226 e. The summed E-state index contributed by atoms with van der Waals surface area (Å²) in [7, 11) is 0. The van der Waals surface area contributed by atoms with Crippen LogP contribution >= 0.6 is 11.6 Å². The van der Waals surface area contributed by atoms with Gasteiger partial charge in [0.1, 0.15) is 0 Å². The van der Waals surface area contributed by atoms with Crippen molar-refractivity contribution < 1.29 is 9.53 Å². The highest BCUT2D eigenvalue weighted by molar-refractivity contribution is 6.34. The van der Waals surface area contributed by atoms with E-state index in [2.05, 4.69) is 5.32 Å². The fourth-order valence-corrected chi connectivity index (χ4v) is 1.47. The number of nitrogens with one attached hydrogen (secondary N) is 1. The molecule has 0 atom stereocenters. The number of benzene rings is 1. The zero-order valence-electron chi connectivity index (χ0n) is 10.00. The molecule has 1 aromatic carbocycles. The molecule has 94 valence electrons. The molecule has 0 heterocycles. The van der Waals surface area contributed by atoms with Crippen LogP contribution in [0.3, 0.4) is 0 Å². The Hall–Kier alpha value is -1.26. The predicted molar refractivity (Wildman–Crippen MR) is 70.2 cm³/mol. The van der Waals surface area contributed by atoms with Crippen LogP contribution in [0.4, 0.5) is 11.4 Å². The zero-order chi connectivity index (χ0) is 12.8. The molecule has 1 amide bonds. The first-order chi connectivity index (χ1) is 7.99. The van der Waals surface area contributed by atoms with E-state index in [9.17, 15) is 4.79 Å². The minimum atomic E-state index is -0.127. The van der Waals surface area contributed by atoms with Crippen LogP contribution < -0.4 is 11.1 Å². The van der Waals surface area contributed by atoms with Crippen molar-refractivity contribution in [1.82, 2.24) is 0 Å². The highest BCUT2D eigenvalue weighted by Crippen LogP contribution is 2.23. The number of carbonyl (C=O) groups is 1. The molecule has 17 heavy (non-hydrogen) atoms. The van der Waals surface area contributed by atoms with E-state index in [1.165, 1.54) is 0 Å². The van der Waals surface area contributed by atoms with E-state index in [1.807, 2.05) is 13.8 Å². The van der Waals surface area contributed by atoms with Crippen LogP contribution in [-0.4, -0.2) is 18.6 Å². The van der Waals surface area contributed by atoms with E-state index in [4.69, 9.17) is 22.1 Å². The minimum absolute atomic E-state index is 0.127. The number of amides is 1. The Morgan fingerprint density at radius 1 is 1.53 bits per heavy atom. The van der Waals surface area contributed by atoms with Gasteiger partial charge in [0.25, 0.3) is 0 Å². The van der Waals surface area contributed by atoms with E-state index in [0.717, 1.165) is 0 Å². The van der Waals surface area contributed by atoms with Crippen LogP contribution in [0.2, 0.25) is 5.02 Å². The SMILES string of the molecule is CC(C)OCCC(=O)Nc1ccc(N)cc1Cl. The molecular weight excluding hydrogens is 240 g/mol. The van der Waals surface area contributed by atoms with E-state index in [1.54, 1.807) is 18.2 Å². The molecule has 1 rings (SSSR count). The van der Waals surface area contributed by atoms with Gasteiger partial charge in [0.05, 0.1) is 29.8 Å². The second-order valence-corrected chi connectivity index (χ2v) is 4.36. The van der Waals surface area contributed by atoms with Gasteiger partial charge >= 0.3 is 0 Å². The summed E-state index contributed by atoms with van der Waals surface area (Å²) < 4.78 is 5.29. The summed E-state index contributed by atoms with van der Waals surface area (Å²) in [6, 6.07) is 4.97. The number of anilines is 2. The Morgan fingerprint density at radius 2 is 2.24 bits per heavy atom. The Bertz CT molecular complexity index is 394. The lowest BCUT2D eigenvalue weighted by atomic mass is 10.2. The number of nitrogen functional groups attached to an aromatic ring is 1. The predicted octanol–water partition coefficient (Wildman–Crippen LogP) is 2.68. The molecule has 5 heteroatoms. The van der Waals surface area contributed by atoms with Gasteiger partial charge in [0, 0.05) is 5.69 Å². The van der Waals surface area contributed by atoms with Crippen LogP contribution in [-0.2, 0) is 9.53 Å². The number of carbonyl (C=O) groups excluding carboxylic acids is 1. The van der Waals surface area contributed by atoms with E-state index < -0.39 is 0 Å². The summed E-state index contributed by atoms with van der Waals surface area (Å²) in [6.07, 6.45) is 0.432. The molecule has 0 aliphatic rings. The van der Waals surface area contributed by atoms with Gasteiger partial charge in [0.2, 0.25) is 5.91 Å². The molecule has 4 nitrogen and oxygen atoms in total. The van der Waals surface area contributed by atoms with Crippen molar-refractivity contribution in [3.63, 3.8) is 0 Å². The highest BCUT2D eigenvalue weighted by atomic mass is 35.5. The fourth-order valence-electron chi connectivity index (χ4n) is 1.23. The summed E-state index contributed by atoms with van der Waals surface area (Å²) in [4.78, 5) is 11.6. The molecule has 0 fully saturated rings. The molecule has 0 spiro atoms. The Balaban J connectivity index is 2.45. The Kier molecular flexibility index (Phi) is 5.25. The first-order valence-corrected chi connectivity index (χ1v) is 5.83. The summed E-state index contributed by atoms with van der Waals surface area (Å²) >= 11 is 5.93. The zero-order valence-corrected chi connectivity index (χ0v) is 10.8. The van der Waals surface area contributed by atoms with Crippen LogP contribution in [0.1, 0.15) is 20.3 Å². The van der Waals surface area contributed by atoms with Gasteiger partial charge < -0.3 is 15.8 Å². The van der Waals surface area contributed by atoms with Crippen molar-refractivity contribution in [2.45, 2.75) is 26.4 Å². The first kappa shape index (κ1) is 13.8. The van der Waals surface area contributed by atoms with Gasteiger partial charge in [-0.05, 0) is 32.0 Å². The average molecular weight is 257 g/mol. The van der Waals surface area contributed by atoms with Crippen LogP contribution in [0, 0.1) is 0 Å². The molecule has 0 unspecified atom stereocenters. The van der Waals surface area contributed by atoms with Crippen molar-refractivity contribution in [3.05, 3.63) is 23.2 Å². The summed E-state index contributed by atoms with van der Waals surface area (Å²) in [5.41, 5.74) is 6.69. The van der Waals surface area contributed by atoms with Crippen LogP contribution in [0.5, 0.6) is 0 Å². The van der Waals surface area contributed by atoms with Crippen molar-refractivity contribution in [3.8, 4) is 0 Å². The van der Waals surface area contributed by atoms with Gasteiger partial charge in [-0.25, -0.2) is 0 Å². The lowest BCUT2D eigenvalue weighted by molar-refractivity contribution is -0.117. The lowest BCUT2D eigenvalue weighted by Gasteiger charge is -2.09. The van der Waals surface area contributed by atoms with Gasteiger partial charge in [-0.1, -0.05) is 11.6 Å². The summed E-state index contributed by atoms with van der Waals surface area (Å²) in [6.45, 7) is 4.25. The number of hydrogen-bond acceptors (Lipinski definition) is 3. The molecular formula is C12H17ClN2O2. The standard InChI is InChI=1S/C12H17ClN2O2/c1-8(2)17-6-5-12(16)15-11-4-3-9(14)7-10(11)13/h3-4,7-8H,5-6,14H2,1-2H3,(H,15,16). The molecule has 0 saturated heterocycles. The molecule has 3 N–H and O–H groups in total. The topological polar surface area (TPSA) is 64.3 Å². The van der Waals surface area contributed by atoms with Gasteiger partial charge in [-0.2, -0.15) is 0 Å². The first-order valence-electron chi connectivity index (χ1n) is 5.45. The second kappa shape index (κ2) is 6.47.